The zero-order valence-corrected chi connectivity index (χ0v) is 11.7. The van der Waals surface area contributed by atoms with E-state index in [2.05, 4.69) is 0 Å². The summed E-state index contributed by atoms with van der Waals surface area (Å²) in [6.07, 6.45) is 0. The highest BCUT2D eigenvalue weighted by Crippen LogP contribution is 2.27. The molecule has 7 heteroatoms. The lowest BCUT2D eigenvalue weighted by atomic mass is 9.98. The topological polar surface area (TPSA) is 69.4 Å². The van der Waals surface area contributed by atoms with Gasteiger partial charge in [-0.05, 0) is 18.2 Å². The molecule has 0 spiro atoms. The molecule has 0 saturated carbocycles. The molecule has 0 aliphatic heterocycles. The highest BCUT2D eigenvalue weighted by Gasteiger charge is 2.25. The summed E-state index contributed by atoms with van der Waals surface area (Å²) in [5.41, 5.74) is -0.661. The average Bonchev–Trinajstić information content (AvgIpc) is 2.12. The van der Waals surface area contributed by atoms with Gasteiger partial charge >= 0.3 is 0 Å². The van der Waals surface area contributed by atoms with Crippen LogP contribution < -0.4 is 9.88 Å². The van der Waals surface area contributed by atoms with Crippen LogP contribution in [-0.2, 0) is 10.0 Å². The van der Waals surface area contributed by atoms with Crippen molar-refractivity contribution in [1.82, 2.24) is 0 Å². The van der Waals surface area contributed by atoms with Crippen molar-refractivity contribution in [1.29, 1.82) is 0 Å². The molecule has 18 heavy (non-hydrogen) atoms. The van der Waals surface area contributed by atoms with Crippen molar-refractivity contribution in [3.8, 4) is 5.75 Å². The van der Waals surface area contributed by atoms with Crippen LogP contribution >= 0.6 is 11.6 Å². The van der Waals surface area contributed by atoms with Crippen LogP contribution in [0.3, 0.4) is 0 Å². The smallest absolute Gasteiger partial charge is 0.209 e. The van der Waals surface area contributed by atoms with E-state index in [0.29, 0.717) is 5.75 Å². The average molecular weight is 296 g/mol. The Labute approximate surface area is 111 Å². The molecule has 0 amide bonds. The fourth-order valence-corrected chi connectivity index (χ4v) is 2.85. The van der Waals surface area contributed by atoms with Crippen molar-refractivity contribution in [3.05, 3.63) is 29.0 Å². The third-order valence-electron chi connectivity index (χ3n) is 2.10. The third kappa shape index (κ3) is 5.20. The predicted octanol–water partition coefficient (Wildman–Crippen LogP) is 2.17. The zero-order chi connectivity index (χ0) is 14.0. The number of sulfonamides is 1. The van der Waals surface area contributed by atoms with Gasteiger partial charge in [-0.25, -0.2) is 17.9 Å². The summed E-state index contributed by atoms with van der Waals surface area (Å²) < 4.78 is 40.2. The summed E-state index contributed by atoms with van der Waals surface area (Å²) >= 11 is 5.78. The second kappa shape index (κ2) is 5.42. The molecule has 0 fully saturated rings. The van der Waals surface area contributed by atoms with Crippen molar-refractivity contribution in [2.45, 2.75) is 13.8 Å². The fourth-order valence-electron chi connectivity index (χ4n) is 1.45. The Morgan fingerprint density at radius 2 is 2.06 bits per heavy atom. The maximum atomic E-state index is 12.8. The minimum Gasteiger partial charge on any atom is -0.491 e. The first kappa shape index (κ1) is 15.2. The van der Waals surface area contributed by atoms with E-state index in [9.17, 15) is 12.8 Å². The molecule has 0 unspecified atom stereocenters. The van der Waals surface area contributed by atoms with E-state index in [-0.39, 0.29) is 17.4 Å². The number of hydrogen-bond donors (Lipinski definition) is 1. The van der Waals surface area contributed by atoms with Crippen LogP contribution in [-0.4, -0.2) is 20.8 Å². The lowest BCUT2D eigenvalue weighted by Gasteiger charge is -2.23. The van der Waals surface area contributed by atoms with Gasteiger partial charge in [0.25, 0.3) is 0 Å². The minimum atomic E-state index is -3.58. The number of benzene rings is 1. The monoisotopic (exact) mass is 295 g/mol. The van der Waals surface area contributed by atoms with Crippen molar-refractivity contribution < 1.29 is 17.5 Å². The Morgan fingerprint density at radius 1 is 1.44 bits per heavy atom. The van der Waals surface area contributed by atoms with Crippen molar-refractivity contribution in [2.75, 3.05) is 12.4 Å². The highest BCUT2D eigenvalue weighted by atomic mass is 35.5. The molecule has 0 aliphatic carbocycles. The van der Waals surface area contributed by atoms with Gasteiger partial charge in [-0.2, -0.15) is 0 Å². The van der Waals surface area contributed by atoms with E-state index >= 15 is 0 Å². The van der Waals surface area contributed by atoms with Gasteiger partial charge in [0.2, 0.25) is 10.0 Å². The van der Waals surface area contributed by atoms with Gasteiger partial charge in [0, 0.05) is 5.41 Å². The summed E-state index contributed by atoms with van der Waals surface area (Å²) in [7, 11) is -3.58. The van der Waals surface area contributed by atoms with Crippen LogP contribution in [0, 0.1) is 11.2 Å². The molecular weight excluding hydrogens is 281 g/mol. The summed E-state index contributed by atoms with van der Waals surface area (Å²) in [4.78, 5) is 0. The summed E-state index contributed by atoms with van der Waals surface area (Å²) in [6, 6.07) is 3.74. The fraction of sp³-hybridized carbons (Fsp3) is 0.455. The third-order valence-corrected chi connectivity index (χ3v) is 3.58. The maximum absolute atomic E-state index is 12.8. The molecule has 1 aromatic rings. The second-order valence-corrected chi connectivity index (χ2v) is 6.86. The summed E-state index contributed by atoms with van der Waals surface area (Å²) in [5.74, 6) is -0.365. The summed E-state index contributed by atoms with van der Waals surface area (Å²) in [6.45, 7) is 3.51. The van der Waals surface area contributed by atoms with Crippen molar-refractivity contribution in [2.24, 2.45) is 10.6 Å². The van der Waals surface area contributed by atoms with Crippen LogP contribution in [0.1, 0.15) is 13.8 Å². The van der Waals surface area contributed by atoms with E-state index in [0.717, 1.165) is 6.07 Å². The second-order valence-electron chi connectivity index (χ2n) is 4.83. The van der Waals surface area contributed by atoms with E-state index in [4.69, 9.17) is 21.5 Å². The number of hydrogen-bond acceptors (Lipinski definition) is 3. The molecule has 1 rings (SSSR count). The first-order chi connectivity index (χ1) is 8.09. The molecule has 1 aromatic carbocycles. The van der Waals surface area contributed by atoms with E-state index in [1.165, 1.54) is 12.1 Å². The van der Waals surface area contributed by atoms with Gasteiger partial charge in [0.15, 0.2) is 0 Å². The van der Waals surface area contributed by atoms with Gasteiger partial charge in [-0.1, -0.05) is 25.4 Å². The molecule has 0 radical (unpaired) electrons. The highest BCUT2D eigenvalue weighted by molar-refractivity contribution is 7.89. The van der Waals surface area contributed by atoms with Crippen LogP contribution in [0.25, 0.3) is 0 Å². The predicted molar refractivity (Wildman–Crippen MR) is 68.7 cm³/mol. The lowest BCUT2D eigenvalue weighted by molar-refractivity contribution is 0.200. The van der Waals surface area contributed by atoms with Crippen molar-refractivity contribution in [3.63, 3.8) is 0 Å². The molecule has 0 saturated heterocycles. The normalized spacial score (nSPS) is 12.5. The largest absolute Gasteiger partial charge is 0.491 e. The molecule has 2 N–H and O–H groups in total. The van der Waals surface area contributed by atoms with Gasteiger partial charge in [0.1, 0.15) is 11.6 Å². The molecule has 0 aliphatic rings. The van der Waals surface area contributed by atoms with Crippen LogP contribution in [0.2, 0.25) is 5.02 Å². The van der Waals surface area contributed by atoms with Crippen LogP contribution in [0.5, 0.6) is 5.75 Å². The molecule has 4 nitrogen and oxygen atoms in total. The molecule has 0 atom stereocenters. The zero-order valence-electron chi connectivity index (χ0n) is 10.1. The number of nitrogens with two attached hydrogens (primary N) is 1. The Morgan fingerprint density at radius 3 is 2.56 bits per heavy atom. The molecular formula is C11H15ClFNO3S. The number of primary sulfonamides is 1. The maximum Gasteiger partial charge on any atom is 0.209 e. The van der Waals surface area contributed by atoms with Gasteiger partial charge in [0.05, 0.1) is 17.4 Å². The van der Waals surface area contributed by atoms with Gasteiger partial charge in [-0.15, -0.1) is 0 Å². The molecule has 0 aromatic heterocycles. The number of ether oxygens (including phenoxy) is 1. The Bertz CT molecular complexity index is 531. The lowest BCUT2D eigenvalue weighted by Crippen LogP contribution is -2.33. The number of halogens is 2. The molecule has 0 heterocycles. The minimum absolute atomic E-state index is 0.106. The molecule has 0 bridgehead atoms. The quantitative estimate of drug-likeness (QED) is 0.905. The Balaban J connectivity index is 2.70. The van der Waals surface area contributed by atoms with Crippen molar-refractivity contribution >= 4 is 21.6 Å². The van der Waals surface area contributed by atoms with E-state index in [1.54, 1.807) is 13.8 Å². The molecule has 102 valence electrons. The first-order valence-electron chi connectivity index (χ1n) is 5.17. The van der Waals surface area contributed by atoms with Gasteiger partial charge in [-0.3, -0.25) is 0 Å². The summed E-state index contributed by atoms with van der Waals surface area (Å²) in [5, 5.41) is 5.12. The van der Waals surface area contributed by atoms with E-state index < -0.39 is 21.3 Å². The van der Waals surface area contributed by atoms with Gasteiger partial charge < -0.3 is 4.74 Å². The number of rotatable bonds is 5. The van der Waals surface area contributed by atoms with E-state index in [1.807, 2.05) is 0 Å². The van der Waals surface area contributed by atoms with Crippen LogP contribution in [0.15, 0.2) is 18.2 Å². The SMILES string of the molecule is CC(C)(COc1ccc(F)cc1Cl)CS(N)(=O)=O. The Kier molecular flexibility index (Phi) is 4.58. The standard InChI is InChI=1S/C11H15ClFNO3S/c1-11(2,7-18(14,15)16)6-17-10-4-3-8(13)5-9(10)12/h3-5H,6-7H2,1-2H3,(H2,14,15,16). The first-order valence-corrected chi connectivity index (χ1v) is 7.27. The Hall–Kier alpha value is -0.850. The van der Waals surface area contributed by atoms with Crippen LogP contribution in [0.4, 0.5) is 4.39 Å².